The number of carbonyl (C=O) groups excluding carboxylic acids is 3. The summed E-state index contributed by atoms with van der Waals surface area (Å²) in [6, 6.07) is 0. The van der Waals surface area contributed by atoms with Gasteiger partial charge in [0.15, 0.2) is 6.10 Å². The molecule has 0 rings (SSSR count). The van der Waals surface area contributed by atoms with Crippen LogP contribution in [-0.4, -0.2) is 37.2 Å². The molecule has 0 aliphatic heterocycles. The van der Waals surface area contributed by atoms with Crippen molar-refractivity contribution in [3.05, 3.63) is 60.8 Å². The van der Waals surface area contributed by atoms with E-state index in [2.05, 4.69) is 69.4 Å². The number of esters is 3. The molecule has 0 aliphatic rings. The van der Waals surface area contributed by atoms with Crippen molar-refractivity contribution in [3.8, 4) is 0 Å². The third kappa shape index (κ3) is 32.5. The molecule has 0 saturated carbocycles. The number of unbranched alkanes of at least 4 members (excludes halogenated alkanes) is 11. The molecule has 1 atom stereocenters. The zero-order valence-corrected chi connectivity index (χ0v) is 29.6. The summed E-state index contributed by atoms with van der Waals surface area (Å²) < 4.78 is 16.4. The van der Waals surface area contributed by atoms with Gasteiger partial charge in [-0.05, 0) is 70.6 Å². The maximum Gasteiger partial charge on any atom is 0.310 e. The van der Waals surface area contributed by atoms with E-state index in [1.807, 2.05) is 6.08 Å². The predicted octanol–water partition coefficient (Wildman–Crippen LogP) is 11.0. The quantitative estimate of drug-likeness (QED) is 0.0324. The molecular weight excluding hydrogens is 576 g/mol. The fraction of sp³-hybridized carbons (Fsp3) is 0.675. The molecule has 0 bridgehead atoms. The molecule has 0 aliphatic carbocycles. The molecule has 262 valence electrons. The zero-order chi connectivity index (χ0) is 33.8. The highest BCUT2D eigenvalue weighted by molar-refractivity contribution is 5.72. The summed E-state index contributed by atoms with van der Waals surface area (Å²) in [5, 5.41) is 0. The van der Waals surface area contributed by atoms with E-state index in [4.69, 9.17) is 14.2 Å². The van der Waals surface area contributed by atoms with Crippen LogP contribution < -0.4 is 0 Å². The molecule has 6 nitrogen and oxygen atoms in total. The minimum Gasteiger partial charge on any atom is -0.462 e. The Balaban J connectivity index is 4.55. The van der Waals surface area contributed by atoms with E-state index < -0.39 is 12.1 Å². The minimum absolute atomic E-state index is 0.0978. The lowest BCUT2D eigenvalue weighted by atomic mass is 10.1. The lowest BCUT2D eigenvalue weighted by Gasteiger charge is -2.18. The Morgan fingerprint density at radius 2 is 0.957 bits per heavy atom. The Kier molecular flexibility index (Phi) is 32.8. The predicted molar refractivity (Wildman–Crippen MR) is 191 cm³/mol. The standard InChI is InChI=1S/C40H66O6/c1-4-7-10-13-16-19-22-24-27-30-33-39(42)45-36-37(46-40(43)34-31-28-25-21-18-15-12-9-6-3)35-44-38(41)32-29-26-23-20-17-14-11-8-5-2/h9,12-13,16,18,20-21,23,28,31,37H,4-8,10-11,14-15,17,19,22,24-27,29-30,32-36H2,1-3H3/b12-9-,16-13-,21-18-,23-20-,31-28-. The van der Waals surface area contributed by atoms with Crippen molar-refractivity contribution >= 4 is 17.9 Å². The van der Waals surface area contributed by atoms with Crippen LogP contribution in [0.3, 0.4) is 0 Å². The van der Waals surface area contributed by atoms with Gasteiger partial charge in [-0.15, -0.1) is 0 Å². The van der Waals surface area contributed by atoms with Crippen molar-refractivity contribution in [2.45, 2.75) is 162 Å². The van der Waals surface area contributed by atoms with Crippen LogP contribution in [0.2, 0.25) is 0 Å². The summed E-state index contributed by atoms with van der Waals surface area (Å²) in [5.74, 6) is -1.12. The molecular formula is C40H66O6. The van der Waals surface area contributed by atoms with Crippen LogP contribution >= 0.6 is 0 Å². The second-order valence-electron chi connectivity index (χ2n) is 11.8. The van der Waals surface area contributed by atoms with E-state index in [1.165, 1.54) is 38.5 Å². The number of allylic oxidation sites excluding steroid dienone is 9. The lowest BCUT2D eigenvalue weighted by molar-refractivity contribution is -0.166. The molecule has 0 aromatic carbocycles. The van der Waals surface area contributed by atoms with Crippen LogP contribution in [0.4, 0.5) is 0 Å². The first-order chi connectivity index (χ1) is 22.5. The van der Waals surface area contributed by atoms with Gasteiger partial charge >= 0.3 is 17.9 Å². The van der Waals surface area contributed by atoms with E-state index in [0.717, 1.165) is 70.6 Å². The van der Waals surface area contributed by atoms with Crippen LogP contribution in [0.5, 0.6) is 0 Å². The second kappa shape index (κ2) is 35.0. The molecule has 0 radical (unpaired) electrons. The highest BCUT2D eigenvalue weighted by Crippen LogP contribution is 2.10. The van der Waals surface area contributed by atoms with Gasteiger partial charge in [0.25, 0.3) is 0 Å². The largest absolute Gasteiger partial charge is 0.462 e. The lowest BCUT2D eigenvalue weighted by Crippen LogP contribution is -2.30. The topological polar surface area (TPSA) is 78.9 Å². The van der Waals surface area contributed by atoms with Crippen molar-refractivity contribution in [1.82, 2.24) is 0 Å². The van der Waals surface area contributed by atoms with E-state index in [9.17, 15) is 14.4 Å². The molecule has 1 unspecified atom stereocenters. The third-order valence-electron chi connectivity index (χ3n) is 7.26. The number of hydrogen-bond donors (Lipinski definition) is 0. The molecule has 0 aromatic heterocycles. The normalized spacial score (nSPS) is 12.7. The third-order valence-corrected chi connectivity index (χ3v) is 7.26. The maximum absolute atomic E-state index is 12.5. The summed E-state index contributed by atoms with van der Waals surface area (Å²) in [4.78, 5) is 37.2. The van der Waals surface area contributed by atoms with Gasteiger partial charge in [-0.3, -0.25) is 14.4 Å². The van der Waals surface area contributed by atoms with Crippen LogP contribution in [0, 0.1) is 0 Å². The van der Waals surface area contributed by atoms with Gasteiger partial charge in [-0.2, -0.15) is 0 Å². The smallest absolute Gasteiger partial charge is 0.310 e. The van der Waals surface area contributed by atoms with Gasteiger partial charge in [0.1, 0.15) is 13.2 Å². The van der Waals surface area contributed by atoms with Crippen LogP contribution in [0.1, 0.15) is 156 Å². The van der Waals surface area contributed by atoms with Crippen molar-refractivity contribution < 1.29 is 28.6 Å². The van der Waals surface area contributed by atoms with Gasteiger partial charge < -0.3 is 14.2 Å². The highest BCUT2D eigenvalue weighted by Gasteiger charge is 2.19. The van der Waals surface area contributed by atoms with Gasteiger partial charge in [0.2, 0.25) is 0 Å². The molecule has 0 N–H and O–H groups in total. The summed E-state index contributed by atoms with van der Waals surface area (Å²) in [6.07, 6.45) is 39.7. The molecule has 0 saturated heterocycles. The van der Waals surface area contributed by atoms with Crippen molar-refractivity contribution in [2.24, 2.45) is 0 Å². The summed E-state index contributed by atoms with van der Waals surface area (Å²) in [7, 11) is 0. The molecule has 0 aromatic rings. The van der Waals surface area contributed by atoms with E-state index in [1.54, 1.807) is 6.08 Å². The average molecular weight is 643 g/mol. The summed E-state index contributed by atoms with van der Waals surface area (Å²) in [5.41, 5.74) is 0. The van der Waals surface area contributed by atoms with Crippen molar-refractivity contribution in [2.75, 3.05) is 13.2 Å². The van der Waals surface area contributed by atoms with Gasteiger partial charge in [-0.1, -0.05) is 126 Å². The SMILES string of the molecule is CC/C=C\C/C=C\C/C=C\CC(=O)OC(COC(=O)CCC/C=C\CCCCCC)COC(=O)CCCCCC/C=C\CCCC. The Morgan fingerprint density at radius 1 is 0.478 bits per heavy atom. The Bertz CT molecular complexity index is 882. The van der Waals surface area contributed by atoms with Gasteiger partial charge in [-0.25, -0.2) is 0 Å². The minimum atomic E-state index is -0.832. The van der Waals surface area contributed by atoms with Gasteiger partial charge in [0, 0.05) is 12.8 Å². The Labute approximate surface area is 281 Å². The zero-order valence-electron chi connectivity index (χ0n) is 29.6. The number of rotatable bonds is 31. The Hall–Kier alpha value is -2.89. The number of carbonyl (C=O) groups is 3. The summed E-state index contributed by atoms with van der Waals surface area (Å²) in [6.45, 7) is 6.26. The van der Waals surface area contributed by atoms with Crippen LogP contribution in [-0.2, 0) is 28.6 Å². The van der Waals surface area contributed by atoms with Crippen LogP contribution in [0.15, 0.2) is 60.8 Å². The maximum atomic E-state index is 12.5. The first-order valence-electron chi connectivity index (χ1n) is 18.3. The monoisotopic (exact) mass is 642 g/mol. The molecule has 0 spiro atoms. The molecule has 46 heavy (non-hydrogen) atoms. The fourth-order valence-electron chi connectivity index (χ4n) is 4.49. The first kappa shape index (κ1) is 43.1. The van der Waals surface area contributed by atoms with Crippen molar-refractivity contribution in [3.63, 3.8) is 0 Å². The Morgan fingerprint density at radius 3 is 1.54 bits per heavy atom. The molecule has 0 amide bonds. The molecule has 0 fully saturated rings. The van der Waals surface area contributed by atoms with E-state index in [0.29, 0.717) is 19.3 Å². The van der Waals surface area contributed by atoms with Crippen LogP contribution in [0.25, 0.3) is 0 Å². The molecule has 6 heteroatoms. The van der Waals surface area contributed by atoms with E-state index >= 15 is 0 Å². The number of hydrogen-bond acceptors (Lipinski definition) is 6. The summed E-state index contributed by atoms with van der Waals surface area (Å²) >= 11 is 0. The number of ether oxygens (including phenoxy) is 3. The second-order valence-corrected chi connectivity index (χ2v) is 11.8. The van der Waals surface area contributed by atoms with E-state index in [-0.39, 0.29) is 31.6 Å². The van der Waals surface area contributed by atoms with Crippen molar-refractivity contribution in [1.29, 1.82) is 0 Å². The van der Waals surface area contributed by atoms with Gasteiger partial charge in [0.05, 0.1) is 6.42 Å². The first-order valence-corrected chi connectivity index (χ1v) is 18.3. The molecule has 0 heterocycles. The fourth-order valence-corrected chi connectivity index (χ4v) is 4.49. The average Bonchev–Trinajstić information content (AvgIpc) is 3.05. The highest BCUT2D eigenvalue weighted by atomic mass is 16.6.